The van der Waals surface area contributed by atoms with Gasteiger partial charge in [0.2, 0.25) is 0 Å². The summed E-state index contributed by atoms with van der Waals surface area (Å²) in [4.78, 5) is 8.56. The Bertz CT molecular complexity index is 888. The smallest absolute Gasteiger partial charge is 0.450 e. The number of carbonyl (C=O) groups is 1. The van der Waals surface area contributed by atoms with E-state index in [2.05, 4.69) is 113 Å². The van der Waals surface area contributed by atoms with E-state index in [0.717, 1.165) is 0 Å². The van der Waals surface area contributed by atoms with Gasteiger partial charge in [-0.1, -0.05) is 113 Å². The topological polar surface area (TPSA) is 57.5 Å². The van der Waals surface area contributed by atoms with Crippen LogP contribution in [0.1, 0.15) is 38.8 Å². The molecule has 3 aromatic carbocycles. The van der Waals surface area contributed by atoms with E-state index in [0.29, 0.717) is 11.8 Å². The van der Waals surface area contributed by atoms with Crippen LogP contribution in [0.5, 0.6) is 0 Å². The minimum Gasteiger partial charge on any atom is -0.450 e. The van der Waals surface area contributed by atoms with Crippen LogP contribution in [0.2, 0.25) is 0 Å². The number of rotatable bonds is 5. The molecule has 0 aliphatic carbocycles. The summed E-state index contributed by atoms with van der Waals surface area (Å²) in [6.45, 7) is 9.42. The predicted octanol–water partition coefficient (Wildman–Crippen LogP) is 7.17. The van der Waals surface area contributed by atoms with Crippen molar-refractivity contribution in [1.29, 1.82) is 0 Å². The van der Waals surface area contributed by atoms with Crippen LogP contribution in [-0.4, -0.2) is 16.4 Å². The highest BCUT2D eigenvalue weighted by atomic mass is 16.6. The zero-order valence-electron chi connectivity index (χ0n) is 17.5. The van der Waals surface area contributed by atoms with Crippen molar-refractivity contribution in [3.8, 4) is 11.1 Å². The van der Waals surface area contributed by atoms with Crippen LogP contribution in [0.15, 0.2) is 84.9 Å². The Balaban J connectivity index is 0.000000687. The summed E-state index contributed by atoms with van der Waals surface area (Å²) in [5, 5.41) is 13.9. The average Bonchev–Trinajstić information content (AvgIpc) is 2.69. The molecule has 0 aromatic heterocycles. The molecule has 0 fully saturated rings. The largest absolute Gasteiger partial charge is 0.503 e. The molecule has 0 amide bonds. The molecule has 152 valence electrons. The van der Waals surface area contributed by atoms with E-state index in [-0.39, 0.29) is 5.41 Å². The number of benzene rings is 3. The average molecular weight is 391 g/mol. The van der Waals surface area contributed by atoms with Gasteiger partial charge in [-0.15, -0.1) is 0 Å². The molecule has 3 nitrogen and oxygen atoms in total. The second kappa shape index (κ2) is 9.92. The molecular formula is C26H30O3. The van der Waals surface area contributed by atoms with Gasteiger partial charge in [0.1, 0.15) is 0 Å². The van der Waals surface area contributed by atoms with Gasteiger partial charge < -0.3 is 10.2 Å². The van der Waals surface area contributed by atoms with Crippen molar-refractivity contribution in [2.24, 2.45) is 11.8 Å². The van der Waals surface area contributed by atoms with Crippen molar-refractivity contribution < 1.29 is 15.0 Å². The third-order valence-corrected chi connectivity index (χ3v) is 5.53. The SMILES string of the molecule is CC(C)C(c1ccccc1)(c1ccccc1-c1ccccc1)C(C)C.O=C(O)O. The Morgan fingerprint density at radius 1 is 0.690 bits per heavy atom. The first-order valence-corrected chi connectivity index (χ1v) is 9.94. The standard InChI is InChI=1S/C25H28.CH2O3/c1-19(2)25(20(3)4,22-15-9-6-10-16-22)24-18-12-11-17-23(24)21-13-7-5-8-14-21;2-1(3)4/h5-20H,1-4H3;(H2,2,3,4). The van der Waals surface area contributed by atoms with Crippen molar-refractivity contribution >= 4 is 6.16 Å². The molecule has 0 aliphatic rings. The molecule has 0 radical (unpaired) electrons. The van der Waals surface area contributed by atoms with Crippen molar-refractivity contribution in [3.05, 3.63) is 96.1 Å². The minimum absolute atomic E-state index is 0.0201. The summed E-state index contributed by atoms with van der Waals surface area (Å²) in [6.07, 6.45) is -1.83. The van der Waals surface area contributed by atoms with Crippen molar-refractivity contribution in [1.82, 2.24) is 0 Å². The highest BCUT2D eigenvalue weighted by Gasteiger charge is 2.41. The van der Waals surface area contributed by atoms with Crippen LogP contribution in [0.4, 0.5) is 4.79 Å². The molecule has 0 unspecified atom stereocenters. The first kappa shape index (κ1) is 22.2. The number of hydrogen-bond donors (Lipinski definition) is 2. The fraction of sp³-hybridized carbons (Fsp3) is 0.269. The molecule has 0 spiro atoms. The monoisotopic (exact) mass is 390 g/mol. The van der Waals surface area contributed by atoms with Crippen LogP contribution in [-0.2, 0) is 5.41 Å². The van der Waals surface area contributed by atoms with Crippen LogP contribution < -0.4 is 0 Å². The van der Waals surface area contributed by atoms with Gasteiger partial charge in [-0.2, -0.15) is 0 Å². The Morgan fingerprint density at radius 3 is 1.59 bits per heavy atom. The summed E-state index contributed by atoms with van der Waals surface area (Å²) in [6, 6.07) is 30.7. The fourth-order valence-corrected chi connectivity index (χ4v) is 4.54. The van der Waals surface area contributed by atoms with Crippen LogP contribution in [0.25, 0.3) is 11.1 Å². The van der Waals surface area contributed by atoms with E-state index in [1.807, 2.05) is 0 Å². The van der Waals surface area contributed by atoms with Gasteiger partial charge in [0.15, 0.2) is 0 Å². The van der Waals surface area contributed by atoms with E-state index >= 15 is 0 Å². The van der Waals surface area contributed by atoms with Crippen LogP contribution >= 0.6 is 0 Å². The number of carboxylic acid groups (broad SMARTS) is 2. The van der Waals surface area contributed by atoms with E-state index in [9.17, 15) is 0 Å². The Labute approximate surface area is 173 Å². The highest BCUT2D eigenvalue weighted by Crippen LogP contribution is 2.48. The fourth-order valence-electron chi connectivity index (χ4n) is 4.54. The second-order valence-electron chi connectivity index (χ2n) is 7.74. The zero-order chi connectivity index (χ0) is 21.4. The summed E-state index contributed by atoms with van der Waals surface area (Å²) < 4.78 is 0. The van der Waals surface area contributed by atoms with Crippen LogP contribution in [0, 0.1) is 11.8 Å². The van der Waals surface area contributed by atoms with Gasteiger partial charge in [0.25, 0.3) is 0 Å². The minimum atomic E-state index is -1.83. The lowest BCUT2D eigenvalue weighted by atomic mass is 9.59. The lowest BCUT2D eigenvalue weighted by molar-refractivity contribution is 0.137. The first-order chi connectivity index (χ1) is 13.8. The molecule has 0 heterocycles. The Kier molecular flexibility index (Phi) is 7.60. The van der Waals surface area contributed by atoms with Crippen molar-refractivity contribution in [3.63, 3.8) is 0 Å². The van der Waals surface area contributed by atoms with Gasteiger partial charge in [0, 0.05) is 5.41 Å². The maximum absolute atomic E-state index is 8.56. The molecule has 0 saturated carbocycles. The van der Waals surface area contributed by atoms with Gasteiger partial charge in [-0.05, 0) is 34.1 Å². The molecule has 0 bridgehead atoms. The van der Waals surface area contributed by atoms with Gasteiger partial charge in [0.05, 0.1) is 0 Å². The summed E-state index contributed by atoms with van der Waals surface area (Å²) in [7, 11) is 0. The number of hydrogen-bond acceptors (Lipinski definition) is 1. The normalized spacial score (nSPS) is 11.1. The third kappa shape index (κ3) is 4.86. The van der Waals surface area contributed by atoms with Crippen LogP contribution in [0.3, 0.4) is 0 Å². The quantitative estimate of drug-likeness (QED) is 0.485. The molecule has 0 aliphatic heterocycles. The van der Waals surface area contributed by atoms with E-state index in [1.54, 1.807) is 0 Å². The Morgan fingerprint density at radius 2 is 1.10 bits per heavy atom. The zero-order valence-corrected chi connectivity index (χ0v) is 17.5. The third-order valence-electron chi connectivity index (χ3n) is 5.53. The van der Waals surface area contributed by atoms with E-state index < -0.39 is 6.16 Å². The van der Waals surface area contributed by atoms with Gasteiger partial charge in [-0.3, -0.25) is 0 Å². The lowest BCUT2D eigenvalue weighted by Crippen LogP contribution is -2.39. The van der Waals surface area contributed by atoms with Crippen molar-refractivity contribution in [2.45, 2.75) is 33.1 Å². The van der Waals surface area contributed by atoms with Gasteiger partial charge >= 0.3 is 6.16 Å². The molecule has 3 aromatic rings. The van der Waals surface area contributed by atoms with Crippen molar-refractivity contribution in [2.75, 3.05) is 0 Å². The predicted molar refractivity (Wildman–Crippen MR) is 119 cm³/mol. The summed E-state index contributed by atoms with van der Waals surface area (Å²) in [5.41, 5.74) is 5.45. The molecule has 3 heteroatoms. The first-order valence-electron chi connectivity index (χ1n) is 9.94. The lowest BCUT2D eigenvalue weighted by Gasteiger charge is -2.44. The molecule has 0 atom stereocenters. The molecule has 2 N–H and O–H groups in total. The highest BCUT2D eigenvalue weighted by molar-refractivity contribution is 5.70. The molecule has 0 saturated heterocycles. The van der Waals surface area contributed by atoms with E-state index in [1.165, 1.54) is 22.3 Å². The molecule has 3 rings (SSSR count). The molecular weight excluding hydrogens is 360 g/mol. The maximum Gasteiger partial charge on any atom is 0.503 e. The summed E-state index contributed by atoms with van der Waals surface area (Å²) in [5.74, 6) is 0.972. The molecule has 29 heavy (non-hydrogen) atoms. The van der Waals surface area contributed by atoms with Gasteiger partial charge in [-0.25, -0.2) is 4.79 Å². The summed E-state index contributed by atoms with van der Waals surface area (Å²) >= 11 is 0. The Hall–Kier alpha value is -3.07. The van der Waals surface area contributed by atoms with E-state index in [4.69, 9.17) is 15.0 Å². The second-order valence-corrected chi connectivity index (χ2v) is 7.74. The maximum atomic E-state index is 8.56.